The molecular formula is C21H33F3O2. The van der Waals surface area contributed by atoms with E-state index in [1.807, 2.05) is 6.92 Å². The van der Waals surface area contributed by atoms with E-state index in [1.165, 1.54) is 31.4 Å². The predicted molar refractivity (Wildman–Crippen MR) is 99.2 cm³/mol. The van der Waals surface area contributed by atoms with Crippen molar-refractivity contribution >= 4 is 0 Å². The van der Waals surface area contributed by atoms with E-state index < -0.39 is 17.5 Å². The molecule has 0 aliphatic carbocycles. The van der Waals surface area contributed by atoms with Crippen LogP contribution in [0.15, 0.2) is 24.3 Å². The van der Waals surface area contributed by atoms with E-state index in [2.05, 4.69) is 6.92 Å². The molecule has 1 unspecified atom stereocenters. The minimum absolute atomic E-state index is 0.240. The van der Waals surface area contributed by atoms with Crippen LogP contribution in [0.2, 0.25) is 0 Å². The lowest BCUT2D eigenvalue weighted by Crippen LogP contribution is -2.40. The summed E-state index contributed by atoms with van der Waals surface area (Å²) in [6.45, 7) is 4.12. The lowest BCUT2D eigenvalue weighted by atomic mass is 9.83. The van der Waals surface area contributed by atoms with Gasteiger partial charge in [0.05, 0.1) is 5.56 Å². The van der Waals surface area contributed by atoms with Crippen LogP contribution in [0.4, 0.5) is 13.2 Å². The second-order valence-electron chi connectivity index (χ2n) is 6.81. The Kier molecular flexibility index (Phi) is 9.66. The highest BCUT2D eigenvalue weighted by Gasteiger charge is 2.39. The third-order valence-electron chi connectivity index (χ3n) is 5.18. The van der Waals surface area contributed by atoms with Gasteiger partial charge >= 0.3 is 6.18 Å². The lowest BCUT2D eigenvalue weighted by molar-refractivity contribution is -0.225. The van der Waals surface area contributed by atoms with Gasteiger partial charge in [-0.25, -0.2) is 0 Å². The van der Waals surface area contributed by atoms with E-state index in [1.54, 1.807) is 20.3 Å². The molecule has 0 heterocycles. The van der Waals surface area contributed by atoms with Gasteiger partial charge in [-0.15, -0.1) is 0 Å². The average molecular weight is 374 g/mol. The van der Waals surface area contributed by atoms with Crippen LogP contribution in [-0.4, -0.2) is 20.0 Å². The molecule has 0 saturated carbocycles. The van der Waals surface area contributed by atoms with Crippen LogP contribution in [0.3, 0.4) is 0 Å². The molecule has 0 aliphatic rings. The Bertz CT molecular complexity index is 502. The summed E-state index contributed by atoms with van der Waals surface area (Å²) >= 11 is 0. The zero-order valence-corrected chi connectivity index (χ0v) is 16.5. The Hall–Kier alpha value is -1.07. The summed E-state index contributed by atoms with van der Waals surface area (Å²) < 4.78 is 50.7. The molecule has 1 rings (SSSR count). The first-order valence-electron chi connectivity index (χ1n) is 9.62. The van der Waals surface area contributed by atoms with Gasteiger partial charge in [0.2, 0.25) is 0 Å². The summed E-state index contributed by atoms with van der Waals surface area (Å²) in [6.07, 6.45) is 3.75. The summed E-state index contributed by atoms with van der Waals surface area (Å²) in [5.74, 6) is -1.15. The van der Waals surface area contributed by atoms with Gasteiger partial charge in [-0.2, -0.15) is 13.2 Å². The molecule has 0 aliphatic heterocycles. The van der Waals surface area contributed by atoms with Crippen LogP contribution < -0.4 is 0 Å². The summed E-state index contributed by atoms with van der Waals surface area (Å²) in [7, 11) is 3.13. The number of ether oxygens (including phenoxy) is 2. The number of halogens is 3. The van der Waals surface area contributed by atoms with Crippen molar-refractivity contribution in [2.45, 2.75) is 83.1 Å². The molecule has 150 valence electrons. The minimum Gasteiger partial charge on any atom is -0.353 e. The molecule has 1 aromatic rings. The molecule has 1 aromatic carbocycles. The Balaban J connectivity index is 3.01. The van der Waals surface area contributed by atoms with Crippen LogP contribution in [0.1, 0.15) is 82.3 Å². The Morgan fingerprint density at radius 3 is 2.08 bits per heavy atom. The van der Waals surface area contributed by atoms with E-state index in [4.69, 9.17) is 9.47 Å². The van der Waals surface area contributed by atoms with E-state index >= 15 is 0 Å². The van der Waals surface area contributed by atoms with Crippen molar-refractivity contribution in [1.29, 1.82) is 0 Å². The normalized spacial score (nSPS) is 13.8. The maximum absolute atomic E-state index is 13.1. The number of methoxy groups -OCH3 is 2. The Labute approximate surface area is 156 Å². The quantitative estimate of drug-likeness (QED) is 0.291. The van der Waals surface area contributed by atoms with Crippen molar-refractivity contribution in [1.82, 2.24) is 0 Å². The molecule has 0 aromatic heterocycles. The maximum atomic E-state index is 13.1. The van der Waals surface area contributed by atoms with Gasteiger partial charge < -0.3 is 9.47 Å². The molecular weight excluding hydrogens is 341 g/mol. The molecule has 0 radical (unpaired) electrons. The second kappa shape index (κ2) is 10.9. The van der Waals surface area contributed by atoms with Gasteiger partial charge in [0.1, 0.15) is 0 Å². The molecule has 0 saturated heterocycles. The van der Waals surface area contributed by atoms with Crippen molar-refractivity contribution in [3.8, 4) is 0 Å². The van der Waals surface area contributed by atoms with Crippen molar-refractivity contribution in [3.05, 3.63) is 35.4 Å². The van der Waals surface area contributed by atoms with Crippen molar-refractivity contribution < 1.29 is 22.6 Å². The third kappa shape index (κ3) is 6.27. The van der Waals surface area contributed by atoms with Gasteiger partial charge in [-0.1, -0.05) is 70.6 Å². The third-order valence-corrected chi connectivity index (χ3v) is 5.18. The SMILES string of the molecule is CCCCCCCCC(c1cccc(C(F)(F)F)c1)C(CC)(OC)OC. The van der Waals surface area contributed by atoms with Gasteiger partial charge in [-0.3, -0.25) is 0 Å². The molecule has 0 amide bonds. The first kappa shape index (κ1) is 23.0. The Morgan fingerprint density at radius 2 is 1.54 bits per heavy atom. The first-order chi connectivity index (χ1) is 12.3. The molecule has 2 nitrogen and oxygen atoms in total. The Morgan fingerprint density at radius 1 is 0.923 bits per heavy atom. The highest BCUT2D eigenvalue weighted by Crippen LogP contribution is 2.40. The number of hydrogen-bond acceptors (Lipinski definition) is 2. The molecule has 26 heavy (non-hydrogen) atoms. The number of rotatable bonds is 12. The van der Waals surface area contributed by atoms with Crippen LogP contribution in [0.25, 0.3) is 0 Å². The summed E-state index contributed by atoms with van der Waals surface area (Å²) in [4.78, 5) is 0. The fourth-order valence-corrected chi connectivity index (χ4v) is 3.60. The zero-order chi connectivity index (χ0) is 19.6. The van der Waals surface area contributed by atoms with Gasteiger partial charge in [-0.05, 0) is 24.5 Å². The van der Waals surface area contributed by atoms with Crippen molar-refractivity contribution in [2.24, 2.45) is 0 Å². The van der Waals surface area contributed by atoms with Crippen LogP contribution in [0, 0.1) is 0 Å². The van der Waals surface area contributed by atoms with Gasteiger partial charge in [0.25, 0.3) is 0 Å². The predicted octanol–water partition coefficient (Wildman–Crippen LogP) is 6.94. The van der Waals surface area contributed by atoms with E-state index in [9.17, 15) is 13.2 Å². The number of hydrogen-bond donors (Lipinski definition) is 0. The molecule has 0 N–H and O–H groups in total. The van der Waals surface area contributed by atoms with Crippen molar-refractivity contribution in [2.75, 3.05) is 14.2 Å². The first-order valence-corrected chi connectivity index (χ1v) is 9.62. The standard InChI is InChI=1S/C21H33F3O2/c1-5-7-8-9-10-11-15-19(20(6-2,25-3)26-4)17-13-12-14-18(16-17)21(22,23)24/h12-14,16,19H,5-11,15H2,1-4H3. The minimum atomic E-state index is -4.35. The molecule has 0 bridgehead atoms. The monoisotopic (exact) mass is 374 g/mol. The van der Waals surface area contributed by atoms with E-state index in [0.717, 1.165) is 31.7 Å². The van der Waals surface area contributed by atoms with Crippen LogP contribution >= 0.6 is 0 Å². The fourth-order valence-electron chi connectivity index (χ4n) is 3.60. The van der Waals surface area contributed by atoms with Gasteiger partial charge in [0.15, 0.2) is 5.79 Å². The largest absolute Gasteiger partial charge is 0.416 e. The number of unbranched alkanes of at least 4 members (excludes halogenated alkanes) is 5. The molecule has 1 atom stereocenters. The number of benzene rings is 1. The highest BCUT2D eigenvalue weighted by molar-refractivity contribution is 5.29. The molecule has 0 fully saturated rings. The second-order valence-corrected chi connectivity index (χ2v) is 6.81. The smallest absolute Gasteiger partial charge is 0.353 e. The number of alkyl halides is 3. The lowest BCUT2D eigenvalue weighted by Gasteiger charge is -2.38. The zero-order valence-electron chi connectivity index (χ0n) is 16.5. The summed E-state index contributed by atoms with van der Waals surface area (Å²) in [5, 5.41) is 0. The average Bonchev–Trinajstić information content (AvgIpc) is 2.64. The van der Waals surface area contributed by atoms with Crippen molar-refractivity contribution in [3.63, 3.8) is 0 Å². The maximum Gasteiger partial charge on any atom is 0.416 e. The van der Waals surface area contributed by atoms with Crippen LogP contribution in [0.5, 0.6) is 0 Å². The summed E-state index contributed by atoms with van der Waals surface area (Å²) in [6, 6.07) is 5.57. The van der Waals surface area contributed by atoms with Crippen LogP contribution in [-0.2, 0) is 15.7 Å². The topological polar surface area (TPSA) is 18.5 Å². The van der Waals surface area contributed by atoms with Gasteiger partial charge in [0, 0.05) is 20.1 Å². The molecule has 5 heteroatoms. The van der Waals surface area contributed by atoms with E-state index in [-0.39, 0.29) is 5.92 Å². The summed E-state index contributed by atoms with van der Waals surface area (Å²) in [5.41, 5.74) is -0.000844. The highest BCUT2D eigenvalue weighted by atomic mass is 19.4. The fraction of sp³-hybridized carbons (Fsp3) is 0.714. The van der Waals surface area contributed by atoms with E-state index in [0.29, 0.717) is 12.0 Å². The molecule has 0 spiro atoms.